The number of nitrogens with zero attached hydrogens (tertiary/aromatic N) is 5. The molecule has 7 nitrogen and oxygen atoms in total. The first-order valence-electron chi connectivity index (χ1n) is 12.5. The average molecular weight is 536 g/mol. The summed E-state index contributed by atoms with van der Waals surface area (Å²) in [4.78, 5) is 22.0. The van der Waals surface area contributed by atoms with Gasteiger partial charge in [0.1, 0.15) is 11.3 Å². The van der Waals surface area contributed by atoms with Gasteiger partial charge >= 0.3 is 6.18 Å². The Morgan fingerprint density at radius 1 is 1.05 bits per heavy atom. The first-order valence-corrected chi connectivity index (χ1v) is 12.5. The summed E-state index contributed by atoms with van der Waals surface area (Å²) in [6, 6.07) is 16.6. The van der Waals surface area contributed by atoms with Crippen LogP contribution in [0.25, 0.3) is 16.9 Å². The number of amides is 1. The standard InChI is InChI=1S/C29H28F3N5O2/c1-4-24(20-8-6-5-7-9-20)35-14-16-36(17-15-35)28(38)23-18-33-37-26(29(30,31)32)19(2)25(34-27(23)37)21-10-12-22(39-3)13-11-21/h4-13,18,24H,1,14-17H2,2-3H3/t24-/m1/s1. The molecule has 1 fully saturated rings. The number of aromatic nitrogens is 3. The molecule has 0 N–H and O–H groups in total. The molecule has 0 radical (unpaired) electrons. The van der Waals surface area contributed by atoms with Crippen molar-refractivity contribution in [3.63, 3.8) is 0 Å². The van der Waals surface area contributed by atoms with Crippen LogP contribution in [0.3, 0.4) is 0 Å². The number of ether oxygens (including phenoxy) is 1. The maximum Gasteiger partial charge on any atom is 0.433 e. The van der Waals surface area contributed by atoms with Crippen molar-refractivity contribution < 1.29 is 22.7 Å². The molecule has 0 aliphatic carbocycles. The van der Waals surface area contributed by atoms with E-state index in [0.717, 1.165) is 10.1 Å². The molecule has 1 atom stereocenters. The third-order valence-corrected chi connectivity index (χ3v) is 7.11. The van der Waals surface area contributed by atoms with Crippen LogP contribution >= 0.6 is 0 Å². The maximum absolute atomic E-state index is 14.2. The van der Waals surface area contributed by atoms with E-state index in [2.05, 4.69) is 21.6 Å². The van der Waals surface area contributed by atoms with Crippen LogP contribution in [0.4, 0.5) is 13.2 Å². The average Bonchev–Trinajstić information content (AvgIpc) is 3.36. The Hall–Kier alpha value is -4.18. The zero-order valence-electron chi connectivity index (χ0n) is 21.7. The summed E-state index contributed by atoms with van der Waals surface area (Å²) in [5, 5.41) is 3.96. The lowest BCUT2D eigenvalue weighted by Crippen LogP contribution is -2.49. The van der Waals surface area contributed by atoms with Gasteiger partial charge in [-0.25, -0.2) is 9.50 Å². The molecule has 1 amide bonds. The molecule has 2 aromatic heterocycles. The second kappa shape index (κ2) is 10.5. The van der Waals surface area contributed by atoms with Gasteiger partial charge in [0, 0.05) is 37.3 Å². The van der Waals surface area contributed by atoms with E-state index in [-0.39, 0.29) is 28.5 Å². The number of methoxy groups -OCH3 is 1. The van der Waals surface area contributed by atoms with Gasteiger partial charge in [0.05, 0.1) is 25.0 Å². The van der Waals surface area contributed by atoms with Crippen molar-refractivity contribution in [2.24, 2.45) is 0 Å². The number of piperazine rings is 1. The fourth-order valence-electron chi connectivity index (χ4n) is 5.11. The Kier molecular flexibility index (Phi) is 7.14. The third kappa shape index (κ3) is 4.99. The summed E-state index contributed by atoms with van der Waals surface area (Å²) in [5.74, 6) is 0.170. The molecule has 5 rings (SSSR count). The van der Waals surface area contributed by atoms with Crippen molar-refractivity contribution in [1.29, 1.82) is 0 Å². The molecule has 0 saturated carbocycles. The molecule has 0 unspecified atom stereocenters. The summed E-state index contributed by atoms with van der Waals surface area (Å²) >= 11 is 0. The molecule has 0 spiro atoms. The summed E-state index contributed by atoms with van der Waals surface area (Å²) in [5.41, 5.74) is 0.595. The van der Waals surface area contributed by atoms with Gasteiger partial charge in [0.15, 0.2) is 11.3 Å². The van der Waals surface area contributed by atoms with Gasteiger partial charge in [-0.2, -0.15) is 18.3 Å². The minimum atomic E-state index is -4.71. The Labute approximate surface area is 224 Å². The van der Waals surface area contributed by atoms with Gasteiger partial charge in [-0.15, -0.1) is 6.58 Å². The van der Waals surface area contributed by atoms with Crippen molar-refractivity contribution >= 4 is 11.6 Å². The molecular weight excluding hydrogens is 507 g/mol. The minimum Gasteiger partial charge on any atom is -0.497 e. The van der Waals surface area contributed by atoms with Crippen LogP contribution in [-0.2, 0) is 6.18 Å². The van der Waals surface area contributed by atoms with Crippen molar-refractivity contribution in [1.82, 2.24) is 24.4 Å². The van der Waals surface area contributed by atoms with E-state index in [0.29, 0.717) is 37.5 Å². The second-order valence-corrected chi connectivity index (χ2v) is 9.37. The van der Waals surface area contributed by atoms with Gasteiger partial charge in [0.2, 0.25) is 0 Å². The van der Waals surface area contributed by atoms with Gasteiger partial charge < -0.3 is 9.64 Å². The number of alkyl halides is 3. The van der Waals surface area contributed by atoms with Crippen LogP contribution in [-0.4, -0.2) is 63.6 Å². The van der Waals surface area contributed by atoms with E-state index < -0.39 is 17.8 Å². The Balaban J connectivity index is 1.47. The minimum absolute atomic E-state index is 0.00599. The lowest BCUT2D eigenvalue weighted by molar-refractivity contribution is -0.143. The molecule has 39 heavy (non-hydrogen) atoms. The fraction of sp³-hybridized carbons (Fsp3) is 0.276. The highest BCUT2D eigenvalue weighted by Gasteiger charge is 2.39. The lowest BCUT2D eigenvalue weighted by Gasteiger charge is -2.38. The topological polar surface area (TPSA) is 63.0 Å². The Morgan fingerprint density at radius 3 is 2.31 bits per heavy atom. The first kappa shape index (κ1) is 26.4. The highest BCUT2D eigenvalue weighted by molar-refractivity contribution is 6.00. The lowest BCUT2D eigenvalue weighted by atomic mass is 10.0. The van der Waals surface area contributed by atoms with E-state index in [9.17, 15) is 18.0 Å². The molecule has 202 valence electrons. The Bertz CT molecular complexity index is 1490. The number of rotatable bonds is 6. The van der Waals surface area contributed by atoms with Crippen molar-refractivity contribution in [2.75, 3.05) is 33.3 Å². The van der Waals surface area contributed by atoms with E-state index in [4.69, 9.17) is 4.74 Å². The SMILES string of the molecule is C=C[C@H](c1ccccc1)N1CCN(C(=O)c2cnn3c(C(F)(F)F)c(C)c(-c4ccc(OC)cc4)nc23)CC1. The number of fused-ring (bicyclic) bond motifs is 1. The number of halogens is 3. The van der Waals surface area contributed by atoms with E-state index in [1.165, 1.54) is 20.2 Å². The number of hydrogen-bond donors (Lipinski definition) is 0. The van der Waals surface area contributed by atoms with Crippen LogP contribution in [0.1, 0.15) is 33.2 Å². The van der Waals surface area contributed by atoms with Gasteiger partial charge in [0.25, 0.3) is 5.91 Å². The third-order valence-electron chi connectivity index (χ3n) is 7.11. The van der Waals surface area contributed by atoms with Crippen molar-refractivity contribution in [2.45, 2.75) is 19.1 Å². The van der Waals surface area contributed by atoms with Crippen molar-refractivity contribution in [3.8, 4) is 17.0 Å². The predicted octanol–water partition coefficient (Wildman–Crippen LogP) is 5.42. The largest absolute Gasteiger partial charge is 0.497 e. The van der Waals surface area contributed by atoms with Gasteiger partial charge in [-0.1, -0.05) is 36.4 Å². The van der Waals surface area contributed by atoms with Crippen LogP contribution in [0.2, 0.25) is 0 Å². The molecule has 4 aromatic rings. The normalized spacial score (nSPS) is 15.4. The summed E-state index contributed by atoms with van der Waals surface area (Å²) in [6.45, 7) is 7.35. The predicted molar refractivity (Wildman–Crippen MR) is 142 cm³/mol. The smallest absolute Gasteiger partial charge is 0.433 e. The van der Waals surface area contributed by atoms with E-state index in [1.54, 1.807) is 29.2 Å². The molecular formula is C29H28F3N5O2. The highest BCUT2D eigenvalue weighted by Crippen LogP contribution is 2.37. The number of carbonyl (C=O) groups is 1. The van der Waals surface area contributed by atoms with E-state index >= 15 is 0 Å². The van der Waals surface area contributed by atoms with Crippen molar-refractivity contribution in [3.05, 3.63) is 95.8 Å². The second-order valence-electron chi connectivity index (χ2n) is 9.37. The van der Waals surface area contributed by atoms with Gasteiger partial charge in [-0.3, -0.25) is 9.69 Å². The van der Waals surface area contributed by atoms with Crippen LogP contribution in [0.15, 0.2) is 73.4 Å². The molecule has 0 bridgehead atoms. The molecule has 3 heterocycles. The summed E-state index contributed by atoms with van der Waals surface area (Å²) in [7, 11) is 1.51. The molecule has 1 aliphatic heterocycles. The molecule has 1 aliphatic rings. The van der Waals surface area contributed by atoms with Crippen LogP contribution in [0.5, 0.6) is 5.75 Å². The fourth-order valence-corrected chi connectivity index (χ4v) is 5.11. The van der Waals surface area contributed by atoms with Crippen LogP contribution in [0, 0.1) is 6.92 Å². The quantitative estimate of drug-likeness (QED) is 0.309. The molecule has 1 saturated heterocycles. The maximum atomic E-state index is 14.2. The summed E-state index contributed by atoms with van der Waals surface area (Å²) in [6.07, 6.45) is -1.65. The number of carbonyl (C=O) groups excluding carboxylic acids is 1. The van der Waals surface area contributed by atoms with Gasteiger partial charge in [-0.05, 0) is 36.8 Å². The number of benzene rings is 2. The highest BCUT2D eigenvalue weighted by atomic mass is 19.4. The molecule has 10 heteroatoms. The number of hydrogen-bond acceptors (Lipinski definition) is 5. The zero-order chi connectivity index (χ0) is 27.7. The first-order chi connectivity index (χ1) is 18.7. The summed E-state index contributed by atoms with van der Waals surface area (Å²) < 4.78 is 48.6. The monoisotopic (exact) mass is 535 g/mol. The van der Waals surface area contributed by atoms with E-state index in [1.807, 2.05) is 36.4 Å². The molecule has 2 aromatic carbocycles. The Morgan fingerprint density at radius 2 is 1.72 bits per heavy atom. The van der Waals surface area contributed by atoms with Crippen LogP contribution < -0.4 is 4.74 Å². The zero-order valence-corrected chi connectivity index (χ0v) is 21.7.